The molecule has 1 heterocycles. The van der Waals surface area contributed by atoms with Crippen molar-refractivity contribution in [3.8, 4) is 0 Å². The molecule has 1 aliphatic carbocycles. The van der Waals surface area contributed by atoms with Crippen molar-refractivity contribution in [1.29, 1.82) is 0 Å². The Hall–Kier alpha value is -4.60. The lowest BCUT2D eigenvalue weighted by Crippen LogP contribution is -2.67. The van der Waals surface area contributed by atoms with Gasteiger partial charge >= 0.3 is 7.12 Å². The average Bonchev–Trinajstić information content (AvgIpc) is 3.93. The van der Waals surface area contributed by atoms with E-state index in [9.17, 15) is 0 Å². The summed E-state index contributed by atoms with van der Waals surface area (Å²) in [4.78, 5) is 0. The molecule has 8 rings (SSSR count). The molecule has 6 aromatic rings. The van der Waals surface area contributed by atoms with E-state index in [2.05, 4.69) is 178 Å². The van der Waals surface area contributed by atoms with E-state index in [1.54, 1.807) is 14.2 Å². The number of benzene rings is 6. The van der Waals surface area contributed by atoms with Crippen molar-refractivity contribution in [3.63, 3.8) is 0 Å². The molecule has 2 aliphatic rings. The van der Waals surface area contributed by atoms with E-state index in [1.807, 2.05) is 24.3 Å². The summed E-state index contributed by atoms with van der Waals surface area (Å²) in [6.07, 6.45) is 0.483. The average molecular weight is 773 g/mol. The van der Waals surface area contributed by atoms with Gasteiger partial charge in [0.05, 0.1) is 0 Å². The number of hydrogen-bond acceptors (Lipinski definition) is 5. The van der Waals surface area contributed by atoms with Gasteiger partial charge in [-0.05, 0) is 50.5 Å². The number of methoxy groups -OCH3 is 2. The SMILES string of the molecule is COC(c1ccccc1)(c1ccccc1)[C@@H]1OB(C2(CO[Si](c3ccccc3)(c3ccccc3)C(C)(C)C)CC2)O[C@H]1C(OC)(c1ccccc1)c1ccccc1. The maximum Gasteiger partial charge on any atom is 0.466 e. The summed E-state index contributed by atoms with van der Waals surface area (Å²) in [6, 6.07) is 63.4. The van der Waals surface area contributed by atoms with Gasteiger partial charge in [0.2, 0.25) is 0 Å². The second-order valence-corrected chi connectivity index (χ2v) is 20.9. The lowest BCUT2D eigenvalue weighted by molar-refractivity contribution is -0.136. The maximum atomic E-state index is 7.66. The van der Waals surface area contributed by atoms with Crippen LogP contribution in [0.5, 0.6) is 0 Å². The van der Waals surface area contributed by atoms with Gasteiger partial charge in [-0.15, -0.1) is 0 Å². The van der Waals surface area contributed by atoms with Crippen LogP contribution in [-0.2, 0) is 34.4 Å². The fraction of sp³-hybridized carbons (Fsp3) is 0.280. The topological polar surface area (TPSA) is 46.2 Å². The van der Waals surface area contributed by atoms with E-state index in [1.165, 1.54) is 10.4 Å². The Kier molecular flexibility index (Phi) is 11.0. The smallest absolute Gasteiger partial charge is 0.407 e. The Balaban J connectivity index is 1.29. The number of ether oxygens (including phenoxy) is 2. The lowest BCUT2D eigenvalue weighted by atomic mass is 9.68. The first-order valence-corrected chi connectivity index (χ1v) is 22.0. The van der Waals surface area contributed by atoms with Gasteiger partial charge in [0.25, 0.3) is 8.32 Å². The molecular formula is C50H53BO5Si. The molecule has 1 aliphatic heterocycles. The zero-order chi connectivity index (χ0) is 39.6. The van der Waals surface area contributed by atoms with E-state index >= 15 is 0 Å². The molecule has 290 valence electrons. The Morgan fingerprint density at radius 1 is 0.509 bits per heavy atom. The van der Waals surface area contributed by atoms with Crippen LogP contribution in [0.3, 0.4) is 0 Å². The summed E-state index contributed by atoms with van der Waals surface area (Å²) in [6.45, 7) is 7.46. The monoisotopic (exact) mass is 772 g/mol. The molecule has 0 radical (unpaired) electrons. The summed E-state index contributed by atoms with van der Waals surface area (Å²) in [5, 5.41) is 1.93. The summed E-state index contributed by atoms with van der Waals surface area (Å²) >= 11 is 0. The molecule has 2 fully saturated rings. The normalized spacial score (nSPS) is 18.4. The minimum absolute atomic E-state index is 0.175. The highest BCUT2D eigenvalue weighted by atomic mass is 28.4. The van der Waals surface area contributed by atoms with Crippen LogP contribution >= 0.6 is 0 Å². The van der Waals surface area contributed by atoms with Gasteiger partial charge in [0.1, 0.15) is 23.4 Å². The predicted octanol–water partition coefficient (Wildman–Crippen LogP) is 9.55. The third-order valence-corrected chi connectivity index (χ3v) is 17.4. The van der Waals surface area contributed by atoms with Gasteiger partial charge < -0.3 is 23.2 Å². The highest BCUT2D eigenvalue weighted by Gasteiger charge is 2.69. The first-order chi connectivity index (χ1) is 27.7. The van der Waals surface area contributed by atoms with Crippen LogP contribution in [0.2, 0.25) is 10.4 Å². The quantitative estimate of drug-likeness (QED) is 0.103. The first-order valence-electron chi connectivity index (χ1n) is 20.1. The van der Waals surface area contributed by atoms with Crippen molar-refractivity contribution in [2.45, 2.75) is 67.4 Å². The first kappa shape index (κ1) is 39.2. The van der Waals surface area contributed by atoms with Crippen molar-refractivity contribution in [2.75, 3.05) is 20.8 Å². The van der Waals surface area contributed by atoms with E-state index < -0.39 is 44.2 Å². The molecular weight excluding hydrogens is 719 g/mol. The minimum Gasteiger partial charge on any atom is -0.407 e. The third-order valence-electron chi connectivity index (χ3n) is 12.5. The van der Waals surface area contributed by atoms with Gasteiger partial charge in [-0.3, -0.25) is 0 Å². The van der Waals surface area contributed by atoms with Crippen molar-refractivity contribution in [1.82, 2.24) is 0 Å². The Bertz CT molecular complexity index is 1960. The van der Waals surface area contributed by atoms with Crippen LogP contribution < -0.4 is 10.4 Å². The Morgan fingerprint density at radius 3 is 1.07 bits per heavy atom. The molecule has 0 unspecified atom stereocenters. The van der Waals surface area contributed by atoms with Crippen molar-refractivity contribution < 1.29 is 23.2 Å². The molecule has 0 spiro atoms. The van der Waals surface area contributed by atoms with Gasteiger partial charge in [0.15, 0.2) is 0 Å². The molecule has 1 saturated carbocycles. The van der Waals surface area contributed by atoms with Crippen LogP contribution in [0.1, 0.15) is 55.9 Å². The Labute approximate surface area is 340 Å². The summed E-state index contributed by atoms with van der Waals surface area (Å²) in [5.41, 5.74) is 1.72. The van der Waals surface area contributed by atoms with Gasteiger partial charge in [-0.25, -0.2) is 0 Å². The molecule has 0 amide bonds. The molecule has 0 bridgehead atoms. The van der Waals surface area contributed by atoms with E-state index in [0.29, 0.717) is 6.61 Å². The second kappa shape index (κ2) is 16.0. The zero-order valence-electron chi connectivity index (χ0n) is 33.7. The third kappa shape index (κ3) is 6.74. The zero-order valence-corrected chi connectivity index (χ0v) is 34.7. The van der Waals surface area contributed by atoms with Crippen molar-refractivity contribution >= 4 is 25.8 Å². The second-order valence-electron chi connectivity index (χ2n) is 16.6. The highest BCUT2D eigenvalue weighted by molar-refractivity contribution is 6.99. The van der Waals surface area contributed by atoms with Crippen molar-refractivity contribution in [2.24, 2.45) is 0 Å². The summed E-state index contributed by atoms with van der Waals surface area (Å²) in [7, 11) is 0.0897. The molecule has 57 heavy (non-hydrogen) atoms. The number of hydrogen-bond donors (Lipinski definition) is 0. The van der Waals surface area contributed by atoms with Crippen LogP contribution in [0, 0.1) is 0 Å². The fourth-order valence-corrected chi connectivity index (χ4v) is 14.1. The highest BCUT2D eigenvalue weighted by Crippen LogP contribution is 2.62. The van der Waals surface area contributed by atoms with Crippen LogP contribution in [0.25, 0.3) is 0 Å². The lowest BCUT2D eigenvalue weighted by Gasteiger charge is -2.47. The molecule has 5 nitrogen and oxygen atoms in total. The standard InChI is InChI=1S/C50H53BO5Si/c1-47(2,3)57(43-32-20-10-21-33-43,44-34-22-11-23-35-44)54-38-48(36-37-48)51-55-45(49(52-4,39-24-12-6-13-25-39)40-26-14-7-15-27-40)46(56-51)50(53-5,41-28-16-8-17-29-41)42-30-18-9-19-31-42/h6-35,45-46H,36-38H2,1-5H3/t45-,46-/m1/s1. The maximum absolute atomic E-state index is 7.66. The van der Waals surface area contributed by atoms with E-state index in [0.717, 1.165) is 35.1 Å². The van der Waals surface area contributed by atoms with Gasteiger partial charge in [-0.2, -0.15) is 0 Å². The molecule has 2 atom stereocenters. The minimum atomic E-state index is -2.86. The van der Waals surface area contributed by atoms with Crippen LogP contribution in [0.15, 0.2) is 182 Å². The molecule has 0 aromatic heterocycles. The van der Waals surface area contributed by atoms with E-state index in [-0.39, 0.29) is 5.04 Å². The van der Waals surface area contributed by atoms with Gasteiger partial charge in [0, 0.05) is 26.1 Å². The molecule has 1 saturated heterocycles. The summed E-state index contributed by atoms with van der Waals surface area (Å²) in [5.74, 6) is 0. The fourth-order valence-electron chi connectivity index (χ4n) is 9.41. The predicted molar refractivity (Wildman–Crippen MR) is 232 cm³/mol. The van der Waals surface area contributed by atoms with E-state index in [4.69, 9.17) is 23.2 Å². The molecule has 0 N–H and O–H groups in total. The number of rotatable bonds is 14. The summed E-state index contributed by atoms with van der Waals surface area (Å²) < 4.78 is 36.6. The largest absolute Gasteiger partial charge is 0.466 e. The van der Waals surface area contributed by atoms with Crippen LogP contribution in [-0.4, -0.2) is 48.5 Å². The molecule has 7 heteroatoms. The van der Waals surface area contributed by atoms with Gasteiger partial charge in [-0.1, -0.05) is 203 Å². The van der Waals surface area contributed by atoms with Crippen LogP contribution in [0.4, 0.5) is 0 Å². The Morgan fingerprint density at radius 2 is 0.807 bits per heavy atom. The van der Waals surface area contributed by atoms with Crippen molar-refractivity contribution in [3.05, 3.63) is 204 Å². The molecule has 6 aromatic carbocycles.